The Hall–Kier alpha value is -2.96. The van der Waals surface area contributed by atoms with Crippen LogP contribution in [0.5, 0.6) is 0 Å². The summed E-state index contributed by atoms with van der Waals surface area (Å²) in [6.45, 7) is 4.18. The van der Waals surface area contributed by atoms with E-state index in [9.17, 15) is 9.59 Å². The van der Waals surface area contributed by atoms with Crippen LogP contribution in [0.25, 0.3) is 11.0 Å². The summed E-state index contributed by atoms with van der Waals surface area (Å²) in [5.41, 5.74) is 2.33. The average molecular weight is 352 g/mol. The normalized spacial score (nSPS) is 17.2. The van der Waals surface area contributed by atoms with Gasteiger partial charge in [-0.05, 0) is 38.8 Å². The molecule has 2 aromatic heterocycles. The van der Waals surface area contributed by atoms with Crippen molar-refractivity contribution in [1.82, 2.24) is 19.6 Å². The molecule has 0 N–H and O–H groups in total. The van der Waals surface area contributed by atoms with Crippen molar-refractivity contribution < 1.29 is 9.32 Å². The molecule has 3 heterocycles. The molecule has 1 amide bonds. The Bertz CT molecular complexity index is 1040. The number of fused-ring (bicyclic) bond motifs is 1. The molecule has 0 spiro atoms. The Labute approximate surface area is 150 Å². The van der Waals surface area contributed by atoms with Crippen LogP contribution in [0.15, 0.2) is 39.6 Å². The molecule has 26 heavy (non-hydrogen) atoms. The first kappa shape index (κ1) is 16.5. The Morgan fingerprint density at radius 1 is 1.31 bits per heavy atom. The minimum atomic E-state index is -0.233. The zero-order valence-electron chi connectivity index (χ0n) is 14.8. The number of hydrogen-bond acceptors (Lipinski definition) is 5. The molecule has 0 aliphatic carbocycles. The molecule has 0 saturated carbocycles. The van der Waals surface area contributed by atoms with Gasteiger partial charge in [0.05, 0.1) is 22.8 Å². The van der Waals surface area contributed by atoms with Crippen LogP contribution in [0.3, 0.4) is 0 Å². The summed E-state index contributed by atoms with van der Waals surface area (Å²) in [7, 11) is 0. The van der Waals surface area contributed by atoms with E-state index in [-0.39, 0.29) is 24.1 Å². The van der Waals surface area contributed by atoms with Crippen molar-refractivity contribution >= 4 is 16.9 Å². The topological polar surface area (TPSA) is 81.2 Å². The largest absolute Gasteiger partial charge is 0.359 e. The number of likely N-dealkylation sites (tertiary alicyclic amines) is 1. The van der Waals surface area contributed by atoms with Gasteiger partial charge in [0.2, 0.25) is 5.91 Å². The maximum Gasteiger partial charge on any atom is 0.272 e. The quantitative estimate of drug-likeness (QED) is 0.723. The van der Waals surface area contributed by atoms with Gasteiger partial charge in [0, 0.05) is 12.6 Å². The van der Waals surface area contributed by atoms with Crippen LogP contribution in [0.1, 0.15) is 36.0 Å². The fourth-order valence-corrected chi connectivity index (χ4v) is 3.60. The van der Waals surface area contributed by atoms with Crippen LogP contribution in [-0.2, 0) is 11.3 Å². The molecule has 0 unspecified atom stereocenters. The Morgan fingerprint density at radius 3 is 2.88 bits per heavy atom. The lowest BCUT2D eigenvalue weighted by Crippen LogP contribution is -2.37. The van der Waals surface area contributed by atoms with E-state index in [1.165, 1.54) is 4.57 Å². The minimum Gasteiger partial charge on any atom is -0.359 e. The standard InChI is InChI=1S/C19H20N4O3/c1-12-10-17(26-21-12)16-8-5-9-22(16)18(24)11-23-15-7-4-3-6-14(15)20-13(2)19(23)25/h3-4,6-7,10,16H,5,8-9,11H2,1-2H3/t16-/m1/s1. The molecule has 1 fully saturated rings. The summed E-state index contributed by atoms with van der Waals surface area (Å²) in [6, 6.07) is 9.13. The van der Waals surface area contributed by atoms with Crippen molar-refractivity contribution in [2.24, 2.45) is 0 Å². The first-order chi connectivity index (χ1) is 12.5. The molecule has 1 aliphatic heterocycles. The number of amides is 1. The second kappa shape index (κ2) is 6.40. The van der Waals surface area contributed by atoms with Crippen molar-refractivity contribution in [3.63, 3.8) is 0 Å². The molecule has 3 aromatic rings. The molecular formula is C19H20N4O3. The van der Waals surface area contributed by atoms with Gasteiger partial charge in [0.1, 0.15) is 12.2 Å². The molecular weight excluding hydrogens is 332 g/mol. The van der Waals surface area contributed by atoms with E-state index in [1.54, 1.807) is 11.8 Å². The van der Waals surface area contributed by atoms with E-state index in [0.717, 1.165) is 18.5 Å². The smallest absolute Gasteiger partial charge is 0.272 e. The first-order valence-electron chi connectivity index (χ1n) is 8.73. The van der Waals surface area contributed by atoms with Crippen LogP contribution in [0, 0.1) is 13.8 Å². The van der Waals surface area contributed by atoms with Gasteiger partial charge < -0.3 is 9.42 Å². The summed E-state index contributed by atoms with van der Waals surface area (Å²) in [6.07, 6.45) is 1.74. The van der Waals surface area contributed by atoms with Crippen molar-refractivity contribution in [1.29, 1.82) is 0 Å². The van der Waals surface area contributed by atoms with Crippen LogP contribution >= 0.6 is 0 Å². The van der Waals surface area contributed by atoms with Crippen LogP contribution in [-0.4, -0.2) is 32.1 Å². The number of benzene rings is 1. The lowest BCUT2D eigenvalue weighted by atomic mass is 10.1. The number of para-hydroxylation sites is 2. The number of aromatic nitrogens is 3. The highest BCUT2D eigenvalue weighted by Gasteiger charge is 2.33. The second-order valence-electron chi connectivity index (χ2n) is 6.69. The van der Waals surface area contributed by atoms with E-state index in [1.807, 2.05) is 37.3 Å². The molecule has 1 aromatic carbocycles. The third kappa shape index (κ3) is 2.79. The number of hydrogen-bond donors (Lipinski definition) is 0. The monoisotopic (exact) mass is 352 g/mol. The zero-order chi connectivity index (χ0) is 18.3. The molecule has 134 valence electrons. The highest BCUT2D eigenvalue weighted by atomic mass is 16.5. The number of carbonyl (C=O) groups is 1. The average Bonchev–Trinajstić information content (AvgIpc) is 3.27. The van der Waals surface area contributed by atoms with Gasteiger partial charge in [-0.25, -0.2) is 4.98 Å². The first-order valence-corrected chi connectivity index (χ1v) is 8.73. The molecule has 4 rings (SSSR count). The predicted octanol–water partition coefficient (Wildman–Crippen LogP) is 2.37. The van der Waals surface area contributed by atoms with Crippen LogP contribution < -0.4 is 5.56 Å². The Balaban J connectivity index is 1.67. The summed E-state index contributed by atoms with van der Waals surface area (Å²) in [5, 5.41) is 3.93. The molecule has 7 nitrogen and oxygen atoms in total. The molecule has 0 radical (unpaired) electrons. The third-order valence-electron chi connectivity index (χ3n) is 4.86. The van der Waals surface area contributed by atoms with E-state index >= 15 is 0 Å². The van der Waals surface area contributed by atoms with E-state index < -0.39 is 0 Å². The van der Waals surface area contributed by atoms with Gasteiger partial charge in [-0.3, -0.25) is 14.2 Å². The second-order valence-corrected chi connectivity index (χ2v) is 6.69. The number of nitrogens with zero attached hydrogens (tertiary/aromatic N) is 4. The zero-order valence-corrected chi connectivity index (χ0v) is 14.8. The lowest BCUT2D eigenvalue weighted by molar-refractivity contribution is -0.133. The highest BCUT2D eigenvalue weighted by Crippen LogP contribution is 2.32. The highest BCUT2D eigenvalue weighted by molar-refractivity contribution is 5.80. The van der Waals surface area contributed by atoms with E-state index in [2.05, 4.69) is 10.1 Å². The van der Waals surface area contributed by atoms with Gasteiger partial charge in [-0.1, -0.05) is 17.3 Å². The van der Waals surface area contributed by atoms with Gasteiger partial charge >= 0.3 is 0 Å². The van der Waals surface area contributed by atoms with Gasteiger partial charge in [-0.15, -0.1) is 0 Å². The van der Waals surface area contributed by atoms with Crippen molar-refractivity contribution in [3.05, 3.63) is 57.8 Å². The fraction of sp³-hybridized carbons (Fsp3) is 0.368. The number of rotatable bonds is 3. The number of aryl methyl sites for hydroxylation is 2. The van der Waals surface area contributed by atoms with Gasteiger partial charge in [0.25, 0.3) is 5.56 Å². The predicted molar refractivity (Wildman–Crippen MR) is 95.7 cm³/mol. The molecule has 1 aliphatic rings. The number of carbonyl (C=O) groups excluding carboxylic acids is 1. The van der Waals surface area contributed by atoms with Gasteiger partial charge in [0.15, 0.2) is 5.76 Å². The molecule has 0 bridgehead atoms. The maximum absolute atomic E-state index is 13.0. The van der Waals surface area contributed by atoms with E-state index in [0.29, 0.717) is 29.0 Å². The van der Waals surface area contributed by atoms with Crippen molar-refractivity contribution in [2.45, 2.75) is 39.3 Å². The Kier molecular flexibility index (Phi) is 4.06. The minimum absolute atomic E-state index is 0.00761. The fourth-order valence-electron chi connectivity index (χ4n) is 3.60. The summed E-state index contributed by atoms with van der Waals surface area (Å²) in [4.78, 5) is 31.7. The molecule has 7 heteroatoms. The Morgan fingerprint density at radius 2 is 2.12 bits per heavy atom. The molecule has 1 atom stereocenters. The maximum atomic E-state index is 13.0. The van der Waals surface area contributed by atoms with Crippen molar-refractivity contribution in [2.75, 3.05) is 6.54 Å². The lowest BCUT2D eigenvalue weighted by Gasteiger charge is -2.23. The molecule has 1 saturated heterocycles. The van der Waals surface area contributed by atoms with Crippen LogP contribution in [0.2, 0.25) is 0 Å². The summed E-state index contributed by atoms with van der Waals surface area (Å²) in [5.74, 6) is 0.607. The SMILES string of the molecule is Cc1cc([C@H]2CCCN2C(=O)Cn2c(=O)c(C)nc3ccccc32)on1. The summed E-state index contributed by atoms with van der Waals surface area (Å²) < 4.78 is 6.88. The van der Waals surface area contributed by atoms with Crippen molar-refractivity contribution in [3.8, 4) is 0 Å². The third-order valence-corrected chi connectivity index (χ3v) is 4.86. The van der Waals surface area contributed by atoms with Crippen LogP contribution in [0.4, 0.5) is 0 Å². The van der Waals surface area contributed by atoms with E-state index in [4.69, 9.17) is 4.52 Å². The summed E-state index contributed by atoms with van der Waals surface area (Å²) >= 11 is 0. The van der Waals surface area contributed by atoms with Gasteiger partial charge in [-0.2, -0.15) is 0 Å².